The van der Waals surface area contributed by atoms with E-state index in [4.69, 9.17) is 18.0 Å². The number of thiocarbonyl (C=S) groups is 1. The van der Waals surface area contributed by atoms with E-state index in [9.17, 15) is 4.39 Å². The van der Waals surface area contributed by atoms with Crippen molar-refractivity contribution >= 4 is 22.9 Å². The third-order valence-electron chi connectivity index (χ3n) is 3.72. The average molecular weight is 280 g/mol. The molecule has 0 radical (unpaired) electrons. The van der Waals surface area contributed by atoms with Crippen LogP contribution in [-0.2, 0) is 0 Å². The highest BCUT2D eigenvalue weighted by molar-refractivity contribution is 7.80. The molecule has 0 unspecified atom stereocenters. The quantitative estimate of drug-likeness (QED) is 0.822. The minimum atomic E-state index is -0.271. The summed E-state index contributed by atoms with van der Waals surface area (Å²) in [5, 5.41) is 3.32. The Kier molecular flexibility index (Phi) is 5.14. The summed E-state index contributed by atoms with van der Waals surface area (Å²) < 4.78 is 14.0. The third-order valence-corrected chi connectivity index (χ3v) is 3.95. The van der Waals surface area contributed by atoms with Gasteiger partial charge in [0, 0.05) is 11.6 Å². The summed E-state index contributed by atoms with van der Waals surface area (Å²) >= 11 is 4.85. The predicted molar refractivity (Wildman–Crippen MR) is 82.0 cm³/mol. The Labute approximate surface area is 119 Å². The van der Waals surface area contributed by atoms with Crippen molar-refractivity contribution in [1.82, 2.24) is 0 Å². The second-order valence-electron chi connectivity index (χ2n) is 5.25. The van der Waals surface area contributed by atoms with Gasteiger partial charge in [-0.15, -0.1) is 0 Å². The predicted octanol–water partition coefficient (Wildman–Crippen LogP) is 3.98. The fourth-order valence-electron chi connectivity index (χ4n) is 2.61. The zero-order valence-corrected chi connectivity index (χ0v) is 11.9. The summed E-state index contributed by atoms with van der Waals surface area (Å²) in [6.07, 6.45) is 8.62. The number of halogens is 1. The molecule has 1 aliphatic carbocycles. The Morgan fingerprint density at radius 3 is 2.37 bits per heavy atom. The molecule has 1 fully saturated rings. The molecule has 1 aromatic rings. The van der Waals surface area contributed by atoms with E-state index >= 15 is 0 Å². The molecule has 0 aromatic heterocycles. The van der Waals surface area contributed by atoms with Crippen molar-refractivity contribution in [3.05, 3.63) is 29.6 Å². The maximum absolute atomic E-state index is 14.0. The van der Waals surface area contributed by atoms with Crippen LogP contribution in [-0.4, -0.2) is 11.0 Å². The third kappa shape index (κ3) is 4.16. The van der Waals surface area contributed by atoms with Crippen LogP contribution in [0.3, 0.4) is 0 Å². The van der Waals surface area contributed by atoms with Crippen LogP contribution in [0.25, 0.3) is 0 Å². The minimum Gasteiger partial charge on any atom is -0.389 e. The van der Waals surface area contributed by atoms with E-state index in [1.165, 1.54) is 38.2 Å². The number of hydrogen-bond donors (Lipinski definition) is 2. The lowest BCUT2D eigenvalue weighted by atomic mass is 9.96. The van der Waals surface area contributed by atoms with Gasteiger partial charge in [-0.1, -0.05) is 44.3 Å². The number of hydrogen-bond acceptors (Lipinski definition) is 2. The van der Waals surface area contributed by atoms with Gasteiger partial charge in [-0.25, -0.2) is 4.39 Å². The Morgan fingerprint density at radius 1 is 1.16 bits per heavy atom. The summed E-state index contributed by atoms with van der Waals surface area (Å²) in [5.41, 5.74) is 6.64. The molecule has 0 saturated heterocycles. The first kappa shape index (κ1) is 14.3. The fraction of sp³-hybridized carbons (Fsp3) is 0.533. The normalized spacial score (nSPS) is 17.5. The van der Waals surface area contributed by atoms with Gasteiger partial charge in [0.1, 0.15) is 10.8 Å². The highest BCUT2D eigenvalue weighted by Gasteiger charge is 2.13. The Balaban J connectivity index is 2.03. The topological polar surface area (TPSA) is 38.0 Å². The van der Waals surface area contributed by atoms with Gasteiger partial charge < -0.3 is 11.1 Å². The molecule has 19 heavy (non-hydrogen) atoms. The van der Waals surface area contributed by atoms with Crippen molar-refractivity contribution < 1.29 is 4.39 Å². The van der Waals surface area contributed by atoms with Crippen molar-refractivity contribution in [2.75, 3.05) is 5.32 Å². The number of nitrogens with one attached hydrogen (secondary N) is 1. The zero-order valence-electron chi connectivity index (χ0n) is 11.1. The molecule has 0 spiro atoms. The van der Waals surface area contributed by atoms with Gasteiger partial charge >= 0.3 is 0 Å². The lowest BCUT2D eigenvalue weighted by Crippen LogP contribution is -2.21. The first-order valence-electron chi connectivity index (χ1n) is 7.02. The molecule has 1 saturated carbocycles. The molecule has 0 atom stereocenters. The van der Waals surface area contributed by atoms with Crippen LogP contribution in [0.2, 0.25) is 0 Å². The Bertz CT molecular complexity index is 440. The van der Waals surface area contributed by atoms with Crippen LogP contribution in [0.4, 0.5) is 10.1 Å². The molecule has 0 amide bonds. The molecule has 3 N–H and O–H groups in total. The van der Waals surface area contributed by atoms with Gasteiger partial charge in [-0.2, -0.15) is 0 Å². The summed E-state index contributed by atoms with van der Waals surface area (Å²) in [7, 11) is 0. The molecule has 4 heteroatoms. The van der Waals surface area contributed by atoms with Gasteiger partial charge in [-0.05, 0) is 31.0 Å². The van der Waals surface area contributed by atoms with Gasteiger partial charge in [0.2, 0.25) is 0 Å². The fourth-order valence-corrected chi connectivity index (χ4v) is 2.73. The molecule has 1 aliphatic rings. The number of rotatable bonds is 3. The summed E-state index contributed by atoms with van der Waals surface area (Å²) in [6.45, 7) is 0. The smallest absolute Gasteiger partial charge is 0.146 e. The largest absolute Gasteiger partial charge is 0.389 e. The zero-order chi connectivity index (χ0) is 13.7. The van der Waals surface area contributed by atoms with Crippen LogP contribution in [0.1, 0.15) is 50.5 Å². The number of anilines is 1. The van der Waals surface area contributed by atoms with E-state index < -0.39 is 0 Å². The van der Waals surface area contributed by atoms with Crippen LogP contribution in [0, 0.1) is 5.82 Å². The SMILES string of the molecule is NC(=S)c1ccc(NC2CCCCCCC2)c(F)c1. The van der Waals surface area contributed by atoms with Crippen molar-refractivity contribution in [3.8, 4) is 0 Å². The molecule has 0 heterocycles. The number of benzene rings is 1. The van der Waals surface area contributed by atoms with Gasteiger partial charge in [-0.3, -0.25) is 0 Å². The van der Waals surface area contributed by atoms with E-state index in [1.807, 2.05) is 0 Å². The molecule has 104 valence electrons. The van der Waals surface area contributed by atoms with Gasteiger partial charge in [0.25, 0.3) is 0 Å². The molecule has 0 aliphatic heterocycles. The van der Waals surface area contributed by atoms with E-state index in [1.54, 1.807) is 12.1 Å². The lowest BCUT2D eigenvalue weighted by molar-refractivity contribution is 0.469. The second kappa shape index (κ2) is 6.85. The Hall–Kier alpha value is -1.16. The van der Waals surface area contributed by atoms with Crippen molar-refractivity contribution in [3.63, 3.8) is 0 Å². The van der Waals surface area contributed by atoms with E-state index in [2.05, 4.69) is 5.32 Å². The molecule has 2 rings (SSSR count). The molecular formula is C15H21FN2S. The Morgan fingerprint density at radius 2 is 1.79 bits per heavy atom. The monoisotopic (exact) mass is 280 g/mol. The van der Waals surface area contributed by atoms with E-state index in [0.29, 0.717) is 17.3 Å². The molecule has 1 aromatic carbocycles. The van der Waals surface area contributed by atoms with E-state index in [0.717, 1.165) is 12.8 Å². The second-order valence-corrected chi connectivity index (χ2v) is 5.69. The van der Waals surface area contributed by atoms with Crippen LogP contribution in [0.15, 0.2) is 18.2 Å². The van der Waals surface area contributed by atoms with E-state index in [-0.39, 0.29) is 10.8 Å². The average Bonchev–Trinajstić information content (AvgIpc) is 2.34. The lowest BCUT2D eigenvalue weighted by Gasteiger charge is -2.22. The van der Waals surface area contributed by atoms with Crippen LogP contribution in [0.5, 0.6) is 0 Å². The minimum absolute atomic E-state index is 0.233. The van der Waals surface area contributed by atoms with Gasteiger partial charge in [0.05, 0.1) is 5.69 Å². The molecular weight excluding hydrogens is 259 g/mol. The number of nitrogens with two attached hydrogens (primary N) is 1. The summed E-state index contributed by atoms with van der Waals surface area (Å²) in [4.78, 5) is 0.233. The standard InChI is InChI=1S/C15H21FN2S/c16-13-10-11(15(17)19)8-9-14(13)18-12-6-4-2-1-3-5-7-12/h8-10,12,18H,1-7H2,(H2,17,19). The summed E-state index contributed by atoms with van der Waals surface area (Å²) in [6, 6.07) is 5.30. The maximum Gasteiger partial charge on any atom is 0.146 e. The highest BCUT2D eigenvalue weighted by Crippen LogP contribution is 2.23. The highest BCUT2D eigenvalue weighted by atomic mass is 32.1. The first-order valence-corrected chi connectivity index (χ1v) is 7.43. The van der Waals surface area contributed by atoms with Gasteiger partial charge in [0.15, 0.2) is 0 Å². The maximum atomic E-state index is 14.0. The first-order chi connectivity index (χ1) is 9.16. The molecule has 0 bridgehead atoms. The van der Waals surface area contributed by atoms with Crippen molar-refractivity contribution in [1.29, 1.82) is 0 Å². The van der Waals surface area contributed by atoms with Crippen molar-refractivity contribution in [2.24, 2.45) is 5.73 Å². The van der Waals surface area contributed by atoms with Crippen LogP contribution < -0.4 is 11.1 Å². The van der Waals surface area contributed by atoms with Crippen molar-refractivity contribution in [2.45, 2.75) is 51.0 Å². The summed E-state index contributed by atoms with van der Waals surface area (Å²) in [5.74, 6) is -0.271. The van der Waals surface area contributed by atoms with Crippen LogP contribution >= 0.6 is 12.2 Å². The molecule has 2 nitrogen and oxygen atoms in total.